The monoisotopic (exact) mass is 555 g/mol. The minimum absolute atomic E-state index is 0.0232. The molecule has 1 spiro atoms. The van der Waals surface area contributed by atoms with Gasteiger partial charge >= 0.3 is 0 Å². The summed E-state index contributed by atoms with van der Waals surface area (Å²) < 4.78 is -0.684. The van der Waals surface area contributed by atoms with Crippen molar-refractivity contribution in [2.45, 2.75) is 55.1 Å². The molecule has 6 atom stereocenters. The van der Waals surface area contributed by atoms with Crippen molar-refractivity contribution in [3.8, 4) is 0 Å². The summed E-state index contributed by atoms with van der Waals surface area (Å²) in [5, 5.41) is 15.6. The van der Waals surface area contributed by atoms with Gasteiger partial charge in [-0.1, -0.05) is 61.7 Å². The maximum Gasteiger partial charge on any atom is 0.248 e. The number of carbonyl (C=O) groups is 3. The fourth-order valence-electron chi connectivity index (χ4n) is 6.62. The maximum atomic E-state index is 14.1. The van der Waals surface area contributed by atoms with Crippen LogP contribution >= 0.6 is 23.4 Å². The Morgan fingerprint density at radius 2 is 1.74 bits per heavy atom. The largest absolute Gasteiger partial charge is 0.396 e. The van der Waals surface area contributed by atoms with Gasteiger partial charge in [0.2, 0.25) is 17.7 Å². The van der Waals surface area contributed by atoms with Crippen LogP contribution in [0.15, 0.2) is 54.6 Å². The van der Waals surface area contributed by atoms with Crippen LogP contribution in [0.3, 0.4) is 0 Å². The number of anilines is 2. The molecule has 2 aromatic carbocycles. The number of thioether (sulfide) groups is 1. The Hall–Kier alpha value is -2.55. The van der Waals surface area contributed by atoms with Gasteiger partial charge in [0, 0.05) is 24.1 Å². The predicted octanol–water partition coefficient (Wildman–Crippen LogP) is 4.81. The van der Waals surface area contributed by atoms with Crippen LogP contribution in [0.5, 0.6) is 0 Å². The zero-order chi connectivity index (χ0) is 26.9. The first-order valence-electron chi connectivity index (χ1n) is 13.4. The highest BCUT2D eigenvalue weighted by Gasteiger charge is 2.75. The molecule has 0 radical (unpaired) electrons. The normalized spacial score (nSPS) is 29.4. The molecule has 3 fully saturated rings. The first kappa shape index (κ1) is 27.0. The summed E-state index contributed by atoms with van der Waals surface area (Å²) in [6, 6.07) is 15.7. The third-order valence-electron chi connectivity index (χ3n) is 8.28. The molecule has 0 aromatic heterocycles. The van der Waals surface area contributed by atoms with Crippen molar-refractivity contribution in [2.75, 3.05) is 23.8 Å². The number of aliphatic hydroxyl groups is 1. The quantitative estimate of drug-likeness (QED) is 0.366. The van der Waals surface area contributed by atoms with Crippen LogP contribution in [-0.4, -0.2) is 56.9 Å². The molecule has 3 saturated heterocycles. The van der Waals surface area contributed by atoms with Crippen molar-refractivity contribution in [3.63, 3.8) is 0 Å². The van der Waals surface area contributed by atoms with Gasteiger partial charge in [0.05, 0.1) is 27.3 Å². The molecule has 0 aliphatic carbocycles. The van der Waals surface area contributed by atoms with Gasteiger partial charge in [0.25, 0.3) is 0 Å². The fourth-order valence-corrected chi connectivity index (χ4v) is 9.22. The van der Waals surface area contributed by atoms with Gasteiger partial charge in [-0.3, -0.25) is 14.4 Å². The second-order valence-corrected chi connectivity index (χ2v) is 12.5. The topological polar surface area (TPSA) is 98.7 Å². The van der Waals surface area contributed by atoms with Crippen LogP contribution in [0.1, 0.15) is 39.0 Å². The first-order valence-corrected chi connectivity index (χ1v) is 14.6. The van der Waals surface area contributed by atoms with Crippen molar-refractivity contribution >= 4 is 52.5 Å². The molecule has 5 rings (SSSR count). The molecule has 0 saturated carbocycles. The molecule has 3 heterocycles. The van der Waals surface area contributed by atoms with Gasteiger partial charge in [-0.15, -0.1) is 11.8 Å². The third-order valence-corrected chi connectivity index (χ3v) is 10.7. The lowest BCUT2D eigenvalue weighted by atomic mass is 9.66. The molecule has 3 aliphatic heterocycles. The number of nitrogens with one attached hydrogen (secondary N) is 2. The zero-order valence-electron chi connectivity index (χ0n) is 21.4. The minimum atomic E-state index is -0.700. The number of likely N-dealkylation sites (tertiary alicyclic amines) is 1. The second-order valence-electron chi connectivity index (χ2n) is 10.5. The van der Waals surface area contributed by atoms with Gasteiger partial charge < -0.3 is 20.6 Å². The molecular weight excluding hydrogens is 522 g/mol. The molecule has 202 valence electrons. The number of carbonyl (C=O) groups excluding carboxylic acids is 3. The van der Waals surface area contributed by atoms with Crippen LogP contribution < -0.4 is 10.6 Å². The molecule has 3 unspecified atom stereocenters. The zero-order valence-corrected chi connectivity index (χ0v) is 23.0. The lowest BCUT2D eigenvalue weighted by Crippen LogP contribution is -2.54. The Balaban J connectivity index is 1.46. The van der Waals surface area contributed by atoms with Gasteiger partial charge in [0.15, 0.2) is 0 Å². The number of fused-ring (bicyclic) bond motifs is 1. The van der Waals surface area contributed by atoms with Crippen LogP contribution in [0.4, 0.5) is 11.4 Å². The summed E-state index contributed by atoms with van der Waals surface area (Å²) >= 11 is 8.02. The van der Waals surface area contributed by atoms with E-state index in [1.807, 2.05) is 36.4 Å². The highest BCUT2D eigenvalue weighted by molar-refractivity contribution is 8.02. The van der Waals surface area contributed by atoms with Crippen LogP contribution in [0.2, 0.25) is 5.02 Å². The van der Waals surface area contributed by atoms with Gasteiger partial charge in [-0.2, -0.15) is 0 Å². The number of aliphatic hydroxyl groups excluding tert-OH is 1. The standard InChI is InChI=1S/C29H34ClN3O4S/c1-18-17-22-23(26(35)31-19-11-5-4-6-12-19)24-28(37)33(15-9-2-3-10-16-34)25(29(18,24)38-22)27(36)32-21-14-8-7-13-20(21)30/h4-8,11-14,18,22-25,34H,2-3,9-10,15-17H2,1H3,(H,31,35)(H,32,36)/t18?,22-,23+,24+,25?,29?/m1/s1. The smallest absolute Gasteiger partial charge is 0.248 e. The molecule has 9 heteroatoms. The summed E-state index contributed by atoms with van der Waals surface area (Å²) in [7, 11) is 0. The minimum Gasteiger partial charge on any atom is -0.396 e. The fraction of sp³-hybridized carbons (Fsp3) is 0.483. The molecule has 2 bridgehead atoms. The maximum absolute atomic E-state index is 14.1. The van der Waals surface area contributed by atoms with E-state index in [4.69, 9.17) is 16.7 Å². The summed E-state index contributed by atoms with van der Waals surface area (Å²) in [6.45, 7) is 2.69. The van der Waals surface area contributed by atoms with Crippen molar-refractivity contribution in [2.24, 2.45) is 17.8 Å². The summed E-state index contributed by atoms with van der Waals surface area (Å²) in [5.74, 6) is -1.50. The Bertz CT molecular complexity index is 1200. The number of hydrogen-bond acceptors (Lipinski definition) is 5. The van der Waals surface area contributed by atoms with E-state index in [1.54, 1.807) is 34.9 Å². The highest BCUT2D eigenvalue weighted by Crippen LogP contribution is 2.68. The number of para-hydroxylation sites is 2. The first-order chi connectivity index (χ1) is 18.4. The van der Waals surface area contributed by atoms with Crippen molar-refractivity contribution < 1.29 is 19.5 Å². The summed E-state index contributed by atoms with van der Waals surface area (Å²) in [4.78, 5) is 43.4. The molecule has 3 aliphatic rings. The summed E-state index contributed by atoms with van der Waals surface area (Å²) in [5.41, 5.74) is 1.21. The molecule has 3 N–H and O–H groups in total. The Morgan fingerprint density at radius 3 is 2.47 bits per heavy atom. The molecule has 38 heavy (non-hydrogen) atoms. The predicted molar refractivity (Wildman–Crippen MR) is 151 cm³/mol. The summed E-state index contributed by atoms with van der Waals surface area (Å²) in [6.07, 6.45) is 3.94. The van der Waals surface area contributed by atoms with Crippen LogP contribution in [0, 0.1) is 17.8 Å². The Labute approximate surface area is 232 Å². The lowest BCUT2D eigenvalue weighted by molar-refractivity contribution is -0.138. The number of nitrogens with zero attached hydrogens (tertiary/aromatic N) is 1. The molecule has 2 aromatic rings. The highest BCUT2D eigenvalue weighted by atomic mass is 35.5. The van der Waals surface area contributed by atoms with Crippen molar-refractivity contribution in [1.29, 1.82) is 0 Å². The molecular formula is C29H34ClN3O4S. The van der Waals surface area contributed by atoms with E-state index >= 15 is 0 Å². The number of amides is 3. The molecule has 7 nitrogen and oxygen atoms in total. The Kier molecular flexibility index (Phi) is 8.03. The lowest BCUT2D eigenvalue weighted by Gasteiger charge is -2.38. The number of rotatable bonds is 10. The number of hydrogen-bond donors (Lipinski definition) is 3. The second kappa shape index (κ2) is 11.3. The van der Waals surface area contributed by atoms with E-state index in [-0.39, 0.29) is 35.5 Å². The average Bonchev–Trinajstić information content (AvgIpc) is 3.49. The third kappa shape index (κ3) is 4.71. The SMILES string of the molecule is CC1C[C@H]2SC13C(C(=O)Nc1ccccc1Cl)N(CCCCCCO)C(=O)[C@@H]3[C@H]2C(=O)Nc1ccccc1. The van der Waals surface area contributed by atoms with Gasteiger partial charge in [-0.25, -0.2) is 0 Å². The van der Waals surface area contributed by atoms with Gasteiger partial charge in [0.1, 0.15) is 6.04 Å². The van der Waals surface area contributed by atoms with E-state index in [9.17, 15) is 14.4 Å². The van der Waals surface area contributed by atoms with E-state index in [0.717, 1.165) is 25.7 Å². The van der Waals surface area contributed by atoms with Crippen molar-refractivity contribution in [1.82, 2.24) is 4.90 Å². The van der Waals surface area contributed by atoms with Crippen LogP contribution in [0.25, 0.3) is 0 Å². The number of benzene rings is 2. The number of unbranched alkanes of at least 4 members (excludes halogenated alkanes) is 3. The van der Waals surface area contributed by atoms with E-state index in [2.05, 4.69) is 17.6 Å². The Morgan fingerprint density at radius 1 is 1.03 bits per heavy atom. The molecule has 3 amide bonds. The van der Waals surface area contributed by atoms with E-state index < -0.39 is 22.6 Å². The average molecular weight is 556 g/mol. The number of halogens is 1. The van der Waals surface area contributed by atoms with E-state index in [1.165, 1.54) is 0 Å². The van der Waals surface area contributed by atoms with Crippen LogP contribution in [-0.2, 0) is 14.4 Å². The van der Waals surface area contributed by atoms with E-state index in [0.29, 0.717) is 29.4 Å². The van der Waals surface area contributed by atoms with Crippen molar-refractivity contribution in [3.05, 3.63) is 59.6 Å². The van der Waals surface area contributed by atoms with Gasteiger partial charge in [-0.05, 0) is 49.4 Å².